The number of halogens is 1. The summed E-state index contributed by atoms with van der Waals surface area (Å²) < 4.78 is 1.39. The molecule has 0 aromatic carbocycles. The van der Waals surface area contributed by atoms with Gasteiger partial charge < -0.3 is 9.67 Å². The van der Waals surface area contributed by atoms with E-state index in [2.05, 4.69) is 0 Å². The Morgan fingerprint density at radius 3 is 2.71 bits per heavy atom. The van der Waals surface area contributed by atoms with Gasteiger partial charge in [0.1, 0.15) is 0 Å². The molecule has 5 heteroatoms. The first kappa shape index (κ1) is 10.8. The fourth-order valence-corrected chi connectivity index (χ4v) is 1.43. The van der Waals surface area contributed by atoms with Crippen molar-refractivity contribution in [3.63, 3.8) is 0 Å². The van der Waals surface area contributed by atoms with Crippen LogP contribution in [0.3, 0.4) is 0 Å². The zero-order valence-electron chi connectivity index (χ0n) is 7.66. The van der Waals surface area contributed by atoms with Crippen molar-refractivity contribution in [2.75, 3.05) is 0 Å². The third-order valence-corrected chi connectivity index (χ3v) is 2.07. The molecule has 0 aliphatic carbocycles. The number of carbonyl (C=O) groups is 1. The quantitative estimate of drug-likeness (QED) is 0.827. The Labute approximate surface area is 85.7 Å². The number of carboxylic acids is 1. The van der Waals surface area contributed by atoms with Gasteiger partial charge in [0.2, 0.25) is 0 Å². The number of hydrogen-bond acceptors (Lipinski definition) is 2. The monoisotopic (exact) mass is 215 g/mol. The van der Waals surface area contributed by atoms with Gasteiger partial charge in [-0.2, -0.15) is 0 Å². The van der Waals surface area contributed by atoms with E-state index in [0.29, 0.717) is 10.7 Å². The Bertz CT molecular complexity index is 411. The van der Waals surface area contributed by atoms with Crippen molar-refractivity contribution in [3.8, 4) is 0 Å². The number of aromatic nitrogens is 1. The molecule has 0 spiro atoms. The van der Waals surface area contributed by atoms with Crippen molar-refractivity contribution in [2.24, 2.45) is 0 Å². The van der Waals surface area contributed by atoms with Crippen LogP contribution in [0.4, 0.5) is 0 Å². The third kappa shape index (κ3) is 2.60. The topological polar surface area (TPSA) is 59.3 Å². The zero-order valence-corrected chi connectivity index (χ0v) is 8.41. The van der Waals surface area contributed by atoms with E-state index in [1.165, 1.54) is 10.6 Å². The molecule has 0 saturated heterocycles. The number of carboxylic acid groups (broad SMARTS) is 1. The molecule has 4 nitrogen and oxygen atoms in total. The van der Waals surface area contributed by atoms with Crippen LogP contribution in [0.1, 0.15) is 12.1 Å². The van der Waals surface area contributed by atoms with Crippen LogP contribution in [0.25, 0.3) is 0 Å². The maximum Gasteiger partial charge on any atom is 0.305 e. The lowest BCUT2D eigenvalue weighted by Crippen LogP contribution is -2.22. The van der Waals surface area contributed by atoms with Crippen LogP contribution < -0.4 is 5.56 Å². The van der Waals surface area contributed by atoms with Crippen LogP contribution in [0.15, 0.2) is 16.9 Å². The Balaban J connectivity index is 2.97. The first-order valence-corrected chi connectivity index (χ1v) is 4.47. The highest BCUT2D eigenvalue weighted by molar-refractivity contribution is 6.30. The van der Waals surface area contributed by atoms with Crippen molar-refractivity contribution in [1.82, 2.24) is 4.57 Å². The standard InChI is InChI=1S/C9H10ClNO3/c1-6-4-7(10)5-8(12)11(6)3-2-9(13)14/h4-5H,2-3H2,1H3,(H,13,14). The largest absolute Gasteiger partial charge is 0.481 e. The Kier molecular flexibility index (Phi) is 3.30. The summed E-state index contributed by atoms with van der Waals surface area (Å²) in [5.41, 5.74) is 0.403. The van der Waals surface area contributed by atoms with Crippen LogP contribution in [-0.2, 0) is 11.3 Å². The van der Waals surface area contributed by atoms with E-state index in [0.717, 1.165) is 0 Å². The van der Waals surface area contributed by atoms with E-state index in [-0.39, 0.29) is 18.5 Å². The second kappa shape index (κ2) is 4.28. The molecule has 1 aromatic heterocycles. The van der Waals surface area contributed by atoms with Gasteiger partial charge >= 0.3 is 5.97 Å². The molecule has 1 N–H and O–H groups in total. The highest BCUT2D eigenvalue weighted by Gasteiger charge is 2.04. The van der Waals surface area contributed by atoms with Crippen LogP contribution in [0.2, 0.25) is 5.02 Å². The summed E-state index contributed by atoms with van der Waals surface area (Å²) in [6, 6.07) is 2.90. The Hall–Kier alpha value is -1.29. The first-order valence-electron chi connectivity index (χ1n) is 4.09. The van der Waals surface area contributed by atoms with E-state index < -0.39 is 5.97 Å². The number of aryl methyl sites for hydroxylation is 1. The van der Waals surface area contributed by atoms with Gasteiger partial charge in [0.05, 0.1) is 6.42 Å². The molecule has 0 aliphatic rings. The minimum absolute atomic E-state index is 0.0671. The van der Waals surface area contributed by atoms with Crippen molar-refractivity contribution >= 4 is 17.6 Å². The van der Waals surface area contributed by atoms with Gasteiger partial charge in [-0.3, -0.25) is 9.59 Å². The summed E-state index contributed by atoms with van der Waals surface area (Å²) in [7, 11) is 0. The average molecular weight is 216 g/mol. The van der Waals surface area contributed by atoms with Crippen molar-refractivity contribution < 1.29 is 9.90 Å². The number of rotatable bonds is 3. The molecule has 76 valence electrons. The normalized spacial score (nSPS) is 10.1. The maximum atomic E-state index is 11.4. The summed E-state index contributed by atoms with van der Waals surface area (Å²) in [6.45, 7) is 1.90. The molecule has 0 saturated carbocycles. The van der Waals surface area contributed by atoms with E-state index in [1.807, 2.05) is 0 Å². The summed E-state index contributed by atoms with van der Waals surface area (Å²) in [5, 5.41) is 8.84. The highest BCUT2D eigenvalue weighted by atomic mass is 35.5. The van der Waals surface area contributed by atoms with E-state index >= 15 is 0 Å². The molecule has 0 amide bonds. The summed E-state index contributed by atoms with van der Waals surface area (Å²) in [5.74, 6) is -0.925. The van der Waals surface area contributed by atoms with Crippen molar-refractivity contribution in [1.29, 1.82) is 0 Å². The van der Waals surface area contributed by atoms with Crippen LogP contribution in [0.5, 0.6) is 0 Å². The Morgan fingerprint density at radius 1 is 1.57 bits per heavy atom. The van der Waals surface area contributed by atoms with Crippen LogP contribution in [-0.4, -0.2) is 15.6 Å². The lowest BCUT2D eigenvalue weighted by atomic mass is 10.3. The number of pyridine rings is 1. The van der Waals surface area contributed by atoms with Gasteiger partial charge in [-0.15, -0.1) is 0 Å². The molecule has 0 fully saturated rings. The molecule has 0 bridgehead atoms. The van der Waals surface area contributed by atoms with Crippen molar-refractivity contribution in [3.05, 3.63) is 33.2 Å². The predicted octanol–water partition coefficient (Wildman–Crippen LogP) is 1.28. The van der Waals surface area contributed by atoms with Crippen LogP contribution in [0, 0.1) is 6.92 Å². The molecule has 0 atom stereocenters. The van der Waals surface area contributed by atoms with E-state index in [9.17, 15) is 9.59 Å². The minimum atomic E-state index is -0.925. The number of nitrogens with zero attached hydrogens (tertiary/aromatic N) is 1. The predicted molar refractivity (Wildman–Crippen MR) is 52.7 cm³/mol. The van der Waals surface area contributed by atoms with Crippen molar-refractivity contribution in [2.45, 2.75) is 19.9 Å². The van der Waals surface area contributed by atoms with Gasteiger partial charge in [-0.05, 0) is 13.0 Å². The second-order valence-corrected chi connectivity index (χ2v) is 3.38. The van der Waals surface area contributed by atoms with Gasteiger partial charge in [0, 0.05) is 23.3 Å². The molecule has 14 heavy (non-hydrogen) atoms. The van der Waals surface area contributed by atoms with Gasteiger partial charge in [-0.25, -0.2) is 0 Å². The second-order valence-electron chi connectivity index (χ2n) is 2.95. The maximum absolute atomic E-state index is 11.4. The van der Waals surface area contributed by atoms with E-state index in [4.69, 9.17) is 16.7 Å². The lowest BCUT2D eigenvalue weighted by Gasteiger charge is -2.07. The molecular weight excluding hydrogens is 206 g/mol. The average Bonchev–Trinajstić information content (AvgIpc) is 2.01. The molecule has 1 rings (SSSR count). The fourth-order valence-electron chi connectivity index (χ4n) is 1.18. The summed E-state index contributed by atoms with van der Waals surface area (Å²) >= 11 is 5.66. The molecule has 1 aromatic rings. The van der Waals surface area contributed by atoms with Crippen LogP contribution >= 0.6 is 11.6 Å². The molecule has 0 unspecified atom stereocenters. The number of aliphatic carboxylic acids is 1. The van der Waals surface area contributed by atoms with E-state index in [1.54, 1.807) is 13.0 Å². The minimum Gasteiger partial charge on any atom is -0.481 e. The Morgan fingerprint density at radius 2 is 2.21 bits per heavy atom. The lowest BCUT2D eigenvalue weighted by molar-refractivity contribution is -0.137. The summed E-state index contributed by atoms with van der Waals surface area (Å²) in [4.78, 5) is 21.7. The molecule has 0 radical (unpaired) electrons. The molecule has 0 aliphatic heterocycles. The van der Waals surface area contributed by atoms with Gasteiger partial charge in [0.25, 0.3) is 5.56 Å². The highest BCUT2D eigenvalue weighted by Crippen LogP contribution is 2.07. The van der Waals surface area contributed by atoms with Gasteiger partial charge in [0.15, 0.2) is 0 Å². The molecular formula is C9H10ClNO3. The fraction of sp³-hybridized carbons (Fsp3) is 0.333. The van der Waals surface area contributed by atoms with Gasteiger partial charge in [-0.1, -0.05) is 11.6 Å². The number of hydrogen-bond donors (Lipinski definition) is 1. The smallest absolute Gasteiger partial charge is 0.305 e. The molecule has 1 heterocycles. The SMILES string of the molecule is Cc1cc(Cl)cc(=O)n1CCC(=O)O. The third-order valence-electron chi connectivity index (χ3n) is 1.85. The summed E-state index contributed by atoms with van der Waals surface area (Å²) in [6.07, 6.45) is -0.0671. The first-order chi connectivity index (χ1) is 6.50. The zero-order chi connectivity index (χ0) is 10.7.